The van der Waals surface area contributed by atoms with Crippen LogP contribution >= 0.6 is 11.8 Å². The second kappa shape index (κ2) is 7.81. The van der Waals surface area contributed by atoms with Crippen molar-refractivity contribution >= 4 is 17.7 Å². The van der Waals surface area contributed by atoms with Gasteiger partial charge in [0.2, 0.25) is 11.8 Å². The minimum Gasteiger partial charge on any atom is -0.411 e. The van der Waals surface area contributed by atoms with Crippen LogP contribution < -0.4 is 5.32 Å². The summed E-state index contributed by atoms with van der Waals surface area (Å²) in [7, 11) is 0. The van der Waals surface area contributed by atoms with Gasteiger partial charge in [0.25, 0.3) is 5.22 Å². The summed E-state index contributed by atoms with van der Waals surface area (Å²) in [5.74, 6) is 0.670. The predicted octanol–water partition coefficient (Wildman–Crippen LogP) is 2.74. The van der Waals surface area contributed by atoms with Crippen LogP contribution in [0.4, 0.5) is 0 Å². The van der Waals surface area contributed by atoms with Gasteiger partial charge in [-0.05, 0) is 49.9 Å². The number of rotatable bonds is 6. The van der Waals surface area contributed by atoms with Gasteiger partial charge in [-0.15, -0.1) is 10.2 Å². The number of benzene rings is 1. The van der Waals surface area contributed by atoms with Crippen molar-refractivity contribution < 1.29 is 13.9 Å². The van der Waals surface area contributed by atoms with Crippen molar-refractivity contribution in [3.05, 3.63) is 29.3 Å². The molecule has 24 heavy (non-hydrogen) atoms. The van der Waals surface area contributed by atoms with Gasteiger partial charge in [0, 0.05) is 18.7 Å². The molecule has 6 nitrogen and oxygen atoms in total. The van der Waals surface area contributed by atoms with E-state index in [2.05, 4.69) is 22.4 Å². The minimum atomic E-state index is -0.0542. The molecule has 0 saturated carbocycles. The molecule has 1 aromatic carbocycles. The summed E-state index contributed by atoms with van der Waals surface area (Å²) >= 11 is 1.24. The number of nitrogens with one attached hydrogen (secondary N) is 1. The Kier molecular flexibility index (Phi) is 5.52. The molecule has 0 radical (unpaired) electrons. The van der Waals surface area contributed by atoms with Crippen LogP contribution in [0.15, 0.2) is 27.8 Å². The van der Waals surface area contributed by atoms with E-state index in [0.717, 1.165) is 25.0 Å². The van der Waals surface area contributed by atoms with E-state index >= 15 is 0 Å². The summed E-state index contributed by atoms with van der Waals surface area (Å²) in [6, 6.07) is 6.00. The zero-order valence-electron chi connectivity index (χ0n) is 13.9. The van der Waals surface area contributed by atoms with Crippen molar-refractivity contribution in [1.82, 2.24) is 15.5 Å². The van der Waals surface area contributed by atoms with Gasteiger partial charge >= 0.3 is 0 Å². The number of aromatic nitrogens is 2. The Hall–Kier alpha value is -1.86. The summed E-state index contributed by atoms with van der Waals surface area (Å²) in [6.07, 6.45) is 2.23. The lowest BCUT2D eigenvalue weighted by molar-refractivity contribution is -0.119. The quantitative estimate of drug-likeness (QED) is 0.810. The summed E-state index contributed by atoms with van der Waals surface area (Å²) in [5.41, 5.74) is 3.28. The lowest BCUT2D eigenvalue weighted by Crippen LogP contribution is -2.32. The molecular formula is C17H21N3O3S. The summed E-state index contributed by atoms with van der Waals surface area (Å²) in [6.45, 7) is 5.46. The van der Waals surface area contributed by atoms with E-state index in [-0.39, 0.29) is 17.8 Å². The van der Waals surface area contributed by atoms with E-state index in [0.29, 0.717) is 17.7 Å². The van der Waals surface area contributed by atoms with E-state index < -0.39 is 0 Å². The predicted molar refractivity (Wildman–Crippen MR) is 91.9 cm³/mol. The van der Waals surface area contributed by atoms with Crippen molar-refractivity contribution in [1.29, 1.82) is 0 Å². The number of hydrogen-bond acceptors (Lipinski definition) is 6. The van der Waals surface area contributed by atoms with Crippen LogP contribution in [0.1, 0.15) is 24.0 Å². The second-order valence-electron chi connectivity index (χ2n) is 5.90. The fraction of sp³-hybridized carbons (Fsp3) is 0.471. The van der Waals surface area contributed by atoms with Gasteiger partial charge in [-0.1, -0.05) is 17.8 Å². The summed E-state index contributed by atoms with van der Waals surface area (Å²) < 4.78 is 11.1. The Morgan fingerprint density at radius 1 is 1.33 bits per heavy atom. The summed E-state index contributed by atoms with van der Waals surface area (Å²) in [4.78, 5) is 11.9. The van der Waals surface area contributed by atoms with Gasteiger partial charge < -0.3 is 14.5 Å². The monoisotopic (exact) mass is 347 g/mol. The Bertz CT molecular complexity index is 711. The third-order valence-electron chi connectivity index (χ3n) is 4.04. The minimum absolute atomic E-state index is 0.0542. The average Bonchev–Trinajstić information content (AvgIpc) is 3.25. The van der Waals surface area contributed by atoms with Crippen molar-refractivity contribution in [2.45, 2.75) is 38.0 Å². The average molecular weight is 347 g/mol. The number of nitrogens with zero attached hydrogens (tertiary/aromatic N) is 2. The molecule has 1 aliphatic heterocycles. The molecule has 1 fully saturated rings. The second-order valence-corrected chi connectivity index (χ2v) is 6.83. The van der Waals surface area contributed by atoms with Crippen molar-refractivity contribution in [3.8, 4) is 11.5 Å². The smallest absolute Gasteiger partial charge is 0.277 e. The molecule has 0 unspecified atom stereocenters. The maximum Gasteiger partial charge on any atom is 0.277 e. The lowest BCUT2D eigenvalue weighted by atomic mass is 10.1. The van der Waals surface area contributed by atoms with Crippen molar-refractivity contribution in [2.24, 2.45) is 0 Å². The molecule has 1 atom stereocenters. The van der Waals surface area contributed by atoms with E-state index in [1.165, 1.54) is 22.9 Å². The zero-order valence-corrected chi connectivity index (χ0v) is 14.7. The van der Waals surface area contributed by atoms with Gasteiger partial charge in [-0.3, -0.25) is 4.79 Å². The highest BCUT2D eigenvalue weighted by atomic mass is 32.2. The van der Waals surface area contributed by atoms with Crippen LogP contribution in [0.3, 0.4) is 0 Å². The SMILES string of the molecule is Cc1ccc(-c2nnc(SCC(=O)NC[C@@H]3CCCO3)o2)cc1C. The number of thioether (sulfide) groups is 1. The fourth-order valence-electron chi connectivity index (χ4n) is 2.47. The van der Waals surface area contributed by atoms with Gasteiger partial charge in [-0.25, -0.2) is 0 Å². The van der Waals surface area contributed by atoms with Gasteiger partial charge in [-0.2, -0.15) is 0 Å². The molecule has 1 aliphatic rings. The first-order valence-electron chi connectivity index (χ1n) is 8.04. The number of carbonyl (C=O) groups is 1. The highest BCUT2D eigenvalue weighted by molar-refractivity contribution is 7.99. The maximum atomic E-state index is 11.9. The highest BCUT2D eigenvalue weighted by Crippen LogP contribution is 2.24. The molecular weight excluding hydrogens is 326 g/mol. The molecule has 128 valence electrons. The Morgan fingerprint density at radius 3 is 2.96 bits per heavy atom. The van der Waals surface area contributed by atoms with E-state index in [1.807, 2.05) is 25.1 Å². The maximum absolute atomic E-state index is 11.9. The Morgan fingerprint density at radius 2 is 2.21 bits per heavy atom. The van der Waals surface area contributed by atoms with E-state index in [1.54, 1.807) is 0 Å². The first-order valence-corrected chi connectivity index (χ1v) is 9.02. The summed E-state index contributed by atoms with van der Waals surface area (Å²) in [5, 5.41) is 11.3. The first-order chi connectivity index (χ1) is 11.6. The van der Waals surface area contributed by atoms with Crippen LogP contribution in [0, 0.1) is 13.8 Å². The molecule has 1 aromatic heterocycles. The molecule has 1 amide bonds. The Balaban J connectivity index is 1.50. The van der Waals surface area contributed by atoms with Gasteiger partial charge in [0.15, 0.2) is 0 Å². The normalized spacial score (nSPS) is 17.2. The van der Waals surface area contributed by atoms with E-state index in [4.69, 9.17) is 9.15 Å². The first kappa shape index (κ1) is 17.0. The van der Waals surface area contributed by atoms with Crippen molar-refractivity contribution in [3.63, 3.8) is 0 Å². The number of ether oxygens (including phenoxy) is 1. The molecule has 0 bridgehead atoms. The molecule has 0 aliphatic carbocycles. The van der Waals surface area contributed by atoms with Crippen LogP contribution in [0.2, 0.25) is 0 Å². The van der Waals surface area contributed by atoms with Crippen molar-refractivity contribution in [2.75, 3.05) is 18.9 Å². The number of hydrogen-bond donors (Lipinski definition) is 1. The molecule has 2 aromatic rings. The number of aryl methyl sites for hydroxylation is 2. The third kappa shape index (κ3) is 4.36. The van der Waals surface area contributed by atoms with Crippen LogP contribution in [-0.4, -0.2) is 41.1 Å². The van der Waals surface area contributed by atoms with Gasteiger partial charge in [0.1, 0.15) is 0 Å². The van der Waals surface area contributed by atoms with Gasteiger partial charge in [0.05, 0.1) is 11.9 Å². The fourth-order valence-corrected chi connectivity index (χ4v) is 3.06. The highest BCUT2D eigenvalue weighted by Gasteiger charge is 2.17. The van der Waals surface area contributed by atoms with Crippen LogP contribution in [0.25, 0.3) is 11.5 Å². The third-order valence-corrected chi connectivity index (χ3v) is 4.86. The lowest BCUT2D eigenvalue weighted by Gasteiger charge is -2.09. The van der Waals surface area contributed by atoms with E-state index in [9.17, 15) is 4.79 Å². The molecule has 3 rings (SSSR count). The molecule has 7 heteroatoms. The zero-order chi connectivity index (χ0) is 16.9. The molecule has 1 saturated heterocycles. The topological polar surface area (TPSA) is 77.2 Å². The largest absolute Gasteiger partial charge is 0.411 e. The standard InChI is InChI=1S/C17H21N3O3S/c1-11-5-6-13(8-12(11)2)16-19-20-17(23-16)24-10-15(21)18-9-14-4-3-7-22-14/h5-6,8,14H,3-4,7,9-10H2,1-2H3,(H,18,21)/t14-/m0/s1. The Labute approximate surface area is 145 Å². The number of amides is 1. The number of carbonyl (C=O) groups excluding carboxylic acids is 1. The van der Waals surface area contributed by atoms with Crippen LogP contribution in [0.5, 0.6) is 0 Å². The molecule has 2 heterocycles. The molecule has 0 spiro atoms. The van der Waals surface area contributed by atoms with Crippen LogP contribution in [-0.2, 0) is 9.53 Å². The molecule has 1 N–H and O–H groups in total.